The summed E-state index contributed by atoms with van der Waals surface area (Å²) in [7, 11) is 0. The maximum absolute atomic E-state index is 5.95. The fourth-order valence-corrected chi connectivity index (χ4v) is 2.11. The molecule has 0 N–H and O–H groups in total. The molecule has 1 rings (SSSR count). The first-order valence-corrected chi connectivity index (χ1v) is 7.19. The zero-order valence-corrected chi connectivity index (χ0v) is 12.3. The fraction of sp³-hybridized carbons (Fsp3) is 0.600. The summed E-state index contributed by atoms with van der Waals surface area (Å²) in [6.07, 6.45) is 2.35. The molecule has 0 bridgehead atoms. The second-order valence-electron chi connectivity index (χ2n) is 4.52. The predicted molar refractivity (Wildman–Crippen MR) is 76.7 cm³/mol. The van der Waals surface area contributed by atoms with E-state index in [0.717, 1.165) is 17.1 Å². The Balaban J connectivity index is 2.77. The molecule has 0 spiro atoms. The van der Waals surface area contributed by atoms with Crippen molar-refractivity contribution >= 4 is 11.6 Å². The van der Waals surface area contributed by atoms with Gasteiger partial charge in [0.1, 0.15) is 0 Å². The molecular weight excluding hydrogens is 248 g/mol. The van der Waals surface area contributed by atoms with Crippen LogP contribution in [0.3, 0.4) is 0 Å². The van der Waals surface area contributed by atoms with Crippen LogP contribution in [-0.4, -0.2) is 13.2 Å². The molecular formula is C15H23ClO2. The van der Waals surface area contributed by atoms with Gasteiger partial charge >= 0.3 is 0 Å². The Labute approximate surface area is 115 Å². The number of hydrogen-bond acceptors (Lipinski definition) is 2. The van der Waals surface area contributed by atoms with E-state index in [2.05, 4.69) is 13.8 Å². The zero-order valence-electron chi connectivity index (χ0n) is 11.5. The first-order valence-electron chi connectivity index (χ1n) is 6.66. The molecule has 0 aliphatic heterocycles. The Morgan fingerprint density at radius 3 is 2.61 bits per heavy atom. The summed E-state index contributed by atoms with van der Waals surface area (Å²) < 4.78 is 11.5. The number of alkyl halides is 1. The van der Waals surface area contributed by atoms with Crippen LogP contribution in [0.5, 0.6) is 11.5 Å². The third-order valence-corrected chi connectivity index (χ3v) is 3.09. The van der Waals surface area contributed by atoms with Gasteiger partial charge in [0.2, 0.25) is 0 Å². The topological polar surface area (TPSA) is 18.5 Å². The van der Waals surface area contributed by atoms with Crippen molar-refractivity contribution in [1.82, 2.24) is 0 Å². The molecule has 0 amide bonds. The van der Waals surface area contributed by atoms with Gasteiger partial charge in [0, 0.05) is 5.56 Å². The van der Waals surface area contributed by atoms with Crippen molar-refractivity contribution in [3.8, 4) is 11.5 Å². The molecule has 2 nitrogen and oxygen atoms in total. The first-order chi connectivity index (χ1) is 8.72. The lowest BCUT2D eigenvalue weighted by molar-refractivity contribution is 0.232. The Kier molecular flexibility index (Phi) is 6.96. The summed E-state index contributed by atoms with van der Waals surface area (Å²) >= 11 is 5.95. The van der Waals surface area contributed by atoms with E-state index in [4.69, 9.17) is 21.1 Å². The number of rotatable bonds is 8. The highest BCUT2D eigenvalue weighted by atomic mass is 35.5. The molecule has 3 heteroatoms. The lowest BCUT2D eigenvalue weighted by atomic mass is 10.1. The maximum atomic E-state index is 5.95. The van der Waals surface area contributed by atoms with Gasteiger partial charge in [0.25, 0.3) is 0 Å². The summed E-state index contributed by atoms with van der Waals surface area (Å²) in [4.78, 5) is 0. The summed E-state index contributed by atoms with van der Waals surface area (Å²) in [6.45, 7) is 7.70. The first kappa shape index (κ1) is 15.2. The van der Waals surface area contributed by atoms with Crippen molar-refractivity contribution in [3.63, 3.8) is 0 Å². The van der Waals surface area contributed by atoms with Crippen LogP contribution in [0.2, 0.25) is 0 Å². The number of halogens is 1. The molecule has 0 heterocycles. The monoisotopic (exact) mass is 270 g/mol. The molecule has 1 atom stereocenters. The van der Waals surface area contributed by atoms with Crippen LogP contribution < -0.4 is 9.47 Å². The van der Waals surface area contributed by atoms with E-state index in [-0.39, 0.29) is 0 Å². The highest BCUT2D eigenvalue weighted by molar-refractivity contribution is 6.17. The molecule has 1 aromatic carbocycles. The number of para-hydroxylation sites is 1. The van der Waals surface area contributed by atoms with Crippen LogP contribution in [0.1, 0.15) is 39.2 Å². The highest BCUT2D eigenvalue weighted by Crippen LogP contribution is 2.32. The van der Waals surface area contributed by atoms with Crippen LogP contribution in [0, 0.1) is 5.92 Å². The standard InChI is InChI=1S/C15H23ClO2/c1-4-7-12(3)11-18-15-13(10-16)8-6-9-14(15)17-5-2/h6,8-9,12H,4-5,7,10-11H2,1-3H3. The van der Waals surface area contributed by atoms with Gasteiger partial charge < -0.3 is 9.47 Å². The number of ether oxygens (including phenoxy) is 2. The smallest absolute Gasteiger partial charge is 0.165 e. The Hall–Kier alpha value is -0.890. The van der Waals surface area contributed by atoms with Gasteiger partial charge in [0.15, 0.2) is 11.5 Å². The van der Waals surface area contributed by atoms with Crippen LogP contribution in [-0.2, 0) is 5.88 Å². The molecule has 0 aromatic heterocycles. The van der Waals surface area contributed by atoms with Gasteiger partial charge in [-0.05, 0) is 25.3 Å². The third-order valence-electron chi connectivity index (χ3n) is 2.80. The molecule has 0 saturated heterocycles. The second kappa shape index (κ2) is 8.25. The molecule has 0 radical (unpaired) electrons. The molecule has 1 aromatic rings. The lowest BCUT2D eigenvalue weighted by Gasteiger charge is -2.17. The number of hydrogen-bond donors (Lipinski definition) is 0. The van der Waals surface area contributed by atoms with Gasteiger partial charge in [-0.15, -0.1) is 11.6 Å². The molecule has 102 valence electrons. The van der Waals surface area contributed by atoms with Gasteiger partial charge in [-0.3, -0.25) is 0 Å². The molecule has 0 fully saturated rings. The SMILES string of the molecule is CCCC(C)COc1c(CCl)cccc1OCC. The largest absolute Gasteiger partial charge is 0.490 e. The van der Waals surface area contributed by atoms with Gasteiger partial charge in [-0.2, -0.15) is 0 Å². The van der Waals surface area contributed by atoms with E-state index in [1.807, 2.05) is 25.1 Å². The van der Waals surface area contributed by atoms with E-state index < -0.39 is 0 Å². The highest BCUT2D eigenvalue weighted by Gasteiger charge is 2.11. The van der Waals surface area contributed by atoms with E-state index >= 15 is 0 Å². The van der Waals surface area contributed by atoms with E-state index in [1.165, 1.54) is 12.8 Å². The summed E-state index contributed by atoms with van der Waals surface area (Å²) in [5, 5.41) is 0. The van der Waals surface area contributed by atoms with Crippen LogP contribution >= 0.6 is 11.6 Å². The third kappa shape index (κ3) is 4.41. The Morgan fingerprint density at radius 1 is 1.22 bits per heavy atom. The van der Waals surface area contributed by atoms with Gasteiger partial charge in [-0.1, -0.05) is 32.4 Å². The van der Waals surface area contributed by atoms with Crippen molar-refractivity contribution in [2.45, 2.75) is 39.5 Å². The molecule has 0 aliphatic rings. The normalized spacial score (nSPS) is 12.2. The van der Waals surface area contributed by atoms with Crippen molar-refractivity contribution in [1.29, 1.82) is 0 Å². The van der Waals surface area contributed by atoms with Crippen molar-refractivity contribution in [3.05, 3.63) is 23.8 Å². The molecule has 0 saturated carbocycles. The fourth-order valence-electron chi connectivity index (χ4n) is 1.90. The minimum atomic E-state index is 0.443. The zero-order chi connectivity index (χ0) is 13.4. The average molecular weight is 271 g/mol. The lowest BCUT2D eigenvalue weighted by Crippen LogP contribution is -2.10. The maximum Gasteiger partial charge on any atom is 0.165 e. The van der Waals surface area contributed by atoms with E-state index in [0.29, 0.717) is 25.0 Å². The molecule has 18 heavy (non-hydrogen) atoms. The molecule has 0 aliphatic carbocycles. The average Bonchev–Trinajstić information content (AvgIpc) is 2.37. The summed E-state index contributed by atoms with van der Waals surface area (Å²) in [5.74, 6) is 2.59. The van der Waals surface area contributed by atoms with Crippen molar-refractivity contribution < 1.29 is 9.47 Å². The quantitative estimate of drug-likeness (QED) is 0.641. The Bertz CT molecular complexity index is 352. The summed E-state index contributed by atoms with van der Waals surface area (Å²) in [6, 6.07) is 5.86. The van der Waals surface area contributed by atoms with Crippen LogP contribution in [0.15, 0.2) is 18.2 Å². The minimum Gasteiger partial charge on any atom is -0.490 e. The predicted octanol–water partition coefficient (Wildman–Crippen LogP) is 4.64. The van der Waals surface area contributed by atoms with Gasteiger partial charge in [0.05, 0.1) is 19.1 Å². The van der Waals surface area contributed by atoms with Crippen LogP contribution in [0.25, 0.3) is 0 Å². The summed E-state index contributed by atoms with van der Waals surface area (Å²) in [5.41, 5.74) is 0.992. The van der Waals surface area contributed by atoms with Crippen molar-refractivity contribution in [2.75, 3.05) is 13.2 Å². The molecule has 1 unspecified atom stereocenters. The Morgan fingerprint density at radius 2 is 2.00 bits per heavy atom. The van der Waals surface area contributed by atoms with Crippen LogP contribution in [0.4, 0.5) is 0 Å². The van der Waals surface area contributed by atoms with E-state index in [1.54, 1.807) is 0 Å². The van der Waals surface area contributed by atoms with E-state index in [9.17, 15) is 0 Å². The van der Waals surface area contributed by atoms with Crippen molar-refractivity contribution in [2.24, 2.45) is 5.92 Å². The second-order valence-corrected chi connectivity index (χ2v) is 4.78. The number of benzene rings is 1. The minimum absolute atomic E-state index is 0.443. The van der Waals surface area contributed by atoms with Gasteiger partial charge in [-0.25, -0.2) is 0 Å².